The highest BCUT2D eigenvalue weighted by molar-refractivity contribution is 6.34. The molecule has 6 heteroatoms. The Morgan fingerprint density at radius 2 is 2.16 bits per heavy atom. The lowest BCUT2D eigenvalue weighted by atomic mass is 9.94. The SMILES string of the molecule is COCCn1ncc(Cl)c1C(=O)C1(OC)CCCC1. The molecule has 2 rings (SSSR count). The van der Waals surface area contributed by atoms with Gasteiger partial charge in [0.15, 0.2) is 0 Å². The lowest BCUT2D eigenvalue weighted by Crippen LogP contribution is -2.39. The first kappa shape index (κ1) is 14.5. The summed E-state index contributed by atoms with van der Waals surface area (Å²) in [7, 11) is 3.20. The molecule has 0 bridgehead atoms. The monoisotopic (exact) mass is 286 g/mol. The van der Waals surface area contributed by atoms with Crippen LogP contribution in [0.15, 0.2) is 6.20 Å². The summed E-state index contributed by atoms with van der Waals surface area (Å²) in [6, 6.07) is 0. The molecule has 0 saturated heterocycles. The van der Waals surface area contributed by atoms with E-state index in [-0.39, 0.29) is 5.78 Å². The summed E-state index contributed by atoms with van der Waals surface area (Å²) in [6.45, 7) is 0.988. The van der Waals surface area contributed by atoms with Gasteiger partial charge < -0.3 is 9.47 Å². The summed E-state index contributed by atoms with van der Waals surface area (Å²) in [6.07, 6.45) is 5.00. The molecule has 1 aliphatic carbocycles. The zero-order valence-electron chi connectivity index (χ0n) is 11.3. The van der Waals surface area contributed by atoms with E-state index in [2.05, 4.69) is 5.10 Å². The van der Waals surface area contributed by atoms with E-state index in [0.29, 0.717) is 23.9 Å². The smallest absolute Gasteiger partial charge is 0.214 e. The Hall–Kier alpha value is -0.910. The molecule has 0 aliphatic heterocycles. The fourth-order valence-electron chi connectivity index (χ4n) is 2.62. The van der Waals surface area contributed by atoms with Crippen LogP contribution in [-0.4, -0.2) is 42.0 Å². The van der Waals surface area contributed by atoms with Gasteiger partial charge in [-0.2, -0.15) is 5.10 Å². The molecule has 0 aromatic carbocycles. The van der Waals surface area contributed by atoms with Crippen molar-refractivity contribution in [2.24, 2.45) is 0 Å². The Bertz CT molecular complexity index is 453. The van der Waals surface area contributed by atoms with Crippen molar-refractivity contribution in [3.8, 4) is 0 Å². The molecule has 1 aromatic rings. The average molecular weight is 287 g/mol. The first-order valence-corrected chi connectivity index (χ1v) is 6.82. The number of aromatic nitrogens is 2. The van der Waals surface area contributed by atoms with E-state index in [4.69, 9.17) is 21.1 Å². The van der Waals surface area contributed by atoms with Crippen molar-refractivity contribution in [2.75, 3.05) is 20.8 Å². The minimum absolute atomic E-state index is 0.0638. The topological polar surface area (TPSA) is 53.4 Å². The van der Waals surface area contributed by atoms with Crippen LogP contribution in [-0.2, 0) is 16.0 Å². The molecule has 1 heterocycles. The van der Waals surface area contributed by atoms with Gasteiger partial charge in [-0.05, 0) is 25.7 Å². The molecule has 0 N–H and O–H groups in total. The van der Waals surface area contributed by atoms with Crippen LogP contribution in [0.3, 0.4) is 0 Å². The molecule has 0 atom stereocenters. The molecular weight excluding hydrogens is 268 g/mol. The van der Waals surface area contributed by atoms with E-state index in [0.717, 1.165) is 25.7 Å². The molecule has 1 aliphatic rings. The highest BCUT2D eigenvalue weighted by Crippen LogP contribution is 2.36. The molecule has 19 heavy (non-hydrogen) atoms. The van der Waals surface area contributed by atoms with Crippen molar-refractivity contribution in [3.05, 3.63) is 16.9 Å². The Balaban J connectivity index is 2.29. The number of hydrogen-bond donors (Lipinski definition) is 0. The summed E-state index contributed by atoms with van der Waals surface area (Å²) in [5.41, 5.74) is -0.295. The van der Waals surface area contributed by atoms with E-state index >= 15 is 0 Å². The van der Waals surface area contributed by atoms with Crippen molar-refractivity contribution < 1.29 is 14.3 Å². The van der Waals surface area contributed by atoms with E-state index in [9.17, 15) is 4.79 Å². The Morgan fingerprint density at radius 1 is 1.47 bits per heavy atom. The van der Waals surface area contributed by atoms with Crippen LogP contribution in [0.5, 0.6) is 0 Å². The average Bonchev–Trinajstić information content (AvgIpc) is 3.03. The number of carbonyl (C=O) groups excluding carboxylic acids is 1. The van der Waals surface area contributed by atoms with Gasteiger partial charge in [-0.15, -0.1) is 0 Å². The number of ether oxygens (including phenoxy) is 2. The van der Waals surface area contributed by atoms with Crippen molar-refractivity contribution in [2.45, 2.75) is 37.8 Å². The van der Waals surface area contributed by atoms with Crippen molar-refractivity contribution in [1.29, 1.82) is 0 Å². The largest absolute Gasteiger partial charge is 0.383 e. The minimum atomic E-state index is -0.728. The third-order valence-electron chi connectivity index (χ3n) is 3.73. The number of carbonyl (C=O) groups is 1. The maximum absolute atomic E-state index is 12.8. The molecule has 106 valence electrons. The third-order valence-corrected chi connectivity index (χ3v) is 4.01. The van der Waals surface area contributed by atoms with Gasteiger partial charge in [-0.1, -0.05) is 11.6 Å². The molecule has 1 aromatic heterocycles. The van der Waals surface area contributed by atoms with E-state index in [1.165, 1.54) is 6.20 Å². The first-order chi connectivity index (χ1) is 9.14. The van der Waals surface area contributed by atoms with E-state index < -0.39 is 5.60 Å². The number of hydrogen-bond acceptors (Lipinski definition) is 4. The number of methoxy groups -OCH3 is 2. The van der Waals surface area contributed by atoms with Crippen LogP contribution in [0.25, 0.3) is 0 Å². The van der Waals surface area contributed by atoms with Crippen molar-refractivity contribution in [1.82, 2.24) is 9.78 Å². The molecule has 1 fully saturated rings. The van der Waals surface area contributed by atoms with Gasteiger partial charge in [0.05, 0.1) is 24.4 Å². The number of halogens is 1. The quantitative estimate of drug-likeness (QED) is 0.753. The van der Waals surface area contributed by atoms with Crippen LogP contribution < -0.4 is 0 Å². The second-order valence-corrected chi connectivity index (χ2v) is 5.20. The molecule has 0 spiro atoms. The number of Topliss-reactive ketones (excluding diaryl/α,β-unsaturated/α-hetero) is 1. The number of rotatable bonds is 6. The maximum atomic E-state index is 12.8. The van der Waals surface area contributed by atoms with Gasteiger partial charge in [0.2, 0.25) is 5.78 Å². The predicted molar refractivity (Wildman–Crippen MR) is 71.7 cm³/mol. The normalized spacial score (nSPS) is 17.8. The van der Waals surface area contributed by atoms with Crippen LogP contribution in [0.4, 0.5) is 0 Å². The van der Waals surface area contributed by atoms with Gasteiger partial charge in [-0.25, -0.2) is 0 Å². The minimum Gasteiger partial charge on any atom is -0.383 e. The van der Waals surface area contributed by atoms with Gasteiger partial charge in [0, 0.05) is 14.2 Å². The van der Waals surface area contributed by atoms with Gasteiger partial charge in [0.1, 0.15) is 11.3 Å². The second kappa shape index (κ2) is 6.03. The third kappa shape index (κ3) is 2.68. The zero-order valence-corrected chi connectivity index (χ0v) is 12.1. The summed E-state index contributed by atoms with van der Waals surface area (Å²) in [5.74, 6) is -0.0638. The Morgan fingerprint density at radius 3 is 2.74 bits per heavy atom. The molecule has 0 amide bonds. The van der Waals surface area contributed by atoms with Crippen LogP contribution >= 0.6 is 11.6 Å². The lowest BCUT2D eigenvalue weighted by molar-refractivity contribution is 0.00504. The highest BCUT2D eigenvalue weighted by atomic mass is 35.5. The molecule has 0 unspecified atom stereocenters. The molecular formula is C13H19ClN2O3. The summed E-state index contributed by atoms with van der Waals surface area (Å²) < 4.78 is 12.1. The van der Waals surface area contributed by atoms with E-state index in [1.807, 2.05) is 0 Å². The lowest BCUT2D eigenvalue weighted by Gasteiger charge is -2.26. The highest BCUT2D eigenvalue weighted by Gasteiger charge is 2.43. The summed E-state index contributed by atoms with van der Waals surface area (Å²) >= 11 is 6.12. The van der Waals surface area contributed by atoms with E-state index in [1.54, 1.807) is 18.9 Å². The summed E-state index contributed by atoms with van der Waals surface area (Å²) in [5, 5.41) is 4.52. The molecule has 1 saturated carbocycles. The van der Waals surface area contributed by atoms with Crippen LogP contribution in [0, 0.1) is 0 Å². The van der Waals surface area contributed by atoms with Crippen molar-refractivity contribution >= 4 is 17.4 Å². The zero-order chi connectivity index (χ0) is 13.9. The van der Waals surface area contributed by atoms with Gasteiger partial charge >= 0.3 is 0 Å². The summed E-state index contributed by atoms with van der Waals surface area (Å²) in [4.78, 5) is 12.8. The molecule has 5 nitrogen and oxygen atoms in total. The van der Waals surface area contributed by atoms with Gasteiger partial charge in [-0.3, -0.25) is 9.48 Å². The fraction of sp³-hybridized carbons (Fsp3) is 0.692. The first-order valence-electron chi connectivity index (χ1n) is 6.45. The van der Waals surface area contributed by atoms with Gasteiger partial charge in [0.25, 0.3) is 0 Å². The maximum Gasteiger partial charge on any atom is 0.214 e. The second-order valence-electron chi connectivity index (χ2n) is 4.79. The number of nitrogens with zero attached hydrogens (tertiary/aromatic N) is 2. The number of ketones is 1. The standard InChI is InChI=1S/C13H19ClN2O3/c1-18-8-7-16-11(10(14)9-15-16)12(17)13(19-2)5-3-4-6-13/h9H,3-8H2,1-2H3. The van der Waals surface area contributed by atoms with Crippen LogP contribution in [0.1, 0.15) is 36.2 Å². The predicted octanol–water partition coefficient (Wildman–Crippen LogP) is 2.32. The van der Waals surface area contributed by atoms with Crippen LogP contribution in [0.2, 0.25) is 5.02 Å². The molecule has 0 radical (unpaired) electrons. The van der Waals surface area contributed by atoms with Crippen molar-refractivity contribution in [3.63, 3.8) is 0 Å². The Labute approximate surface area is 117 Å². The fourth-order valence-corrected chi connectivity index (χ4v) is 2.85. The Kier molecular flexibility index (Phi) is 4.60.